The van der Waals surface area contributed by atoms with Gasteiger partial charge in [0.25, 0.3) is 0 Å². The van der Waals surface area contributed by atoms with Crippen LogP contribution in [0.5, 0.6) is 0 Å². The number of hydrogen-bond acceptors (Lipinski definition) is 4. The minimum atomic E-state index is 0.318. The number of aromatic nitrogens is 2. The predicted octanol–water partition coefficient (Wildman–Crippen LogP) is 2.69. The summed E-state index contributed by atoms with van der Waals surface area (Å²) < 4.78 is 0. The Morgan fingerprint density at radius 3 is 2.65 bits per heavy atom. The summed E-state index contributed by atoms with van der Waals surface area (Å²) in [6, 6.07) is 4.24. The molecule has 0 spiro atoms. The fourth-order valence-corrected chi connectivity index (χ4v) is 2.92. The van der Waals surface area contributed by atoms with Crippen LogP contribution in [0.2, 0.25) is 5.28 Å². The quantitative estimate of drug-likeness (QED) is 0.883. The maximum Gasteiger partial charge on any atom is 0.224 e. The van der Waals surface area contributed by atoms with Crippen LogP contribution in [0, 0.1) is 19.8 Å². The number of hydrogen-bond donors (Lipinski definition) is 1. The summed E-state index contributed by atoms with van der Waals surface area (Å²) >= 11 is 6.07. The monoisotopic (exact) mass is 290 g/mol. The average Bonchev–Trinajstić information content (AvgIpc) is 2.35. The van der Waals surface area contributed by atoms with Gasteiger partial charge >= 0.3 is 0 Å². The number of aryl methyl sites for hydroxylation is 2. The summed E-state index contributed by atoms with van der Waals surface area (Å²) in [6.45, 7) is 6.97. The van der Waals surface area contributed by atoms with Crippen LogP contribution in [0.25, 0.3) is 10.9 Å². The van der Waals surface area contributed by atoms with E-state index in [9.17, 15) is 0 Å². The SMILES string of the molecule is Cc1cc2nc(Cl)nc(N3CC(CCN)C3)c2cc1C. The van der Waals surface area contributed by atoms with Crippen molar-refractivity contribution in [1.29, 1.82) is 0 Å². The minimum absolute atomic E-state index is 0.318. The summed E-state index contributed by atoms with van der Waals surface area (Å²) in [7, 11) is 0. The van der Waals surface area contributed by atoms with Crippen molar-refractivity contribution >= 4 is 28.3 Å². The molecule has 1 aromatic carbocycles. The first-order valence-electron chi connectivity index (χ1n) is 6.98. The molecular formula is C15H19ClN4. The van der Waals surface area contributed by atoms with E-state index in [-0.39, 0.29) is 0 Å². The van der Waals surface area contributed by atoms with Crippen LogP contribution >= 0.6 is 11.6 Å². The molecule has 0 aliphatic carbocycles. The van der Waals surface area contributed by atoms with Crippen molar-refractivity contribution in [3.8, 4) is 0 Å². The van der Waals surface area contributed by atoms with Crippen LogP contribution in [-0.4, -0.2) is 29.6 Å². The molecule has 1 aliphatic heterocycles. The largest absolute Gasteiger partial charge is 0.355 e. The van der Waals surface area contributed by atoms with E-state index < -0.39 is 0 Å². The van der Waals surface area contributed by atoms with Crippen LogP contribution < -0.4 is 10.6 Å². The van der Waals surface area contributed by atoms with Crippen molar-refractivity contribution in [2.75, 3.05) is 24.5 Å². The van der Waals surface area contributed by atoms with Crippen molar-refractivity contribution in [3.63, 3.8) is 0 Å². The number of rotatable bonds is 3. The predicted molar refractivity (Wildman–Crippen MR) is 83.4 cm³/mol. The smallest absolute Gasteiger partial charge is 0.224 e. The van der Waals surface area contributed by atoms with Crippen LogP contribution in [-0.2, 0) is 0 Å². The molecule has 0 amide bonds. The summed E-state index contributed by atoms with van der Waals surface area (Å²) in [4.78, 5) is 11.0. The van der Waals surface area contributed by atoms with E-state index in [2.05, 4.69) is 40.8 Å². The van der Waals surface area contributed by atoms with Gasteiger partial charge in [-0.2, -0.15) is 4.98 Å². The normalized spacial score (nSPS) is 15.7. The number of nitrogens with zero attached hydrogens (tertiary/aromatic N) is 3. The highest BCUT2D eigenvalue weighted by molar-refractivity contribution is 6.28. The Balaban J connectivity index is 2.00. The van der Waals surface area contributed by atoms with Gasteiger partial charge < -0.3 is 10.6 Å². The van der Waals surface area contributed by atoms with Gasteiger partial charge in [-0.05, 0) is 67.6 Å². The lowest BCUT2D eigenvalue weighted by Gasteiger charge is -2.40. The third kappa shape index (κ3) is 2.34. The minimum Gasteiger partial charge on any atom is -0.355 e. The van der Waals surface area contributed by atoms with E-state index in [1.54, 1.807) is 0 Å². The van der Waals surface area contributed by atoms with Gasteiger partial charge in [-0.25, -0.2) is 4.98 Å². The Hall–Kier alpha value is -1.39. The molecule has 0 unspecified atom stereocenters. The van der Waals surface area contributed by atoms with Gasteiger partial charge in [0.05, 0.1) is 5.52 Å². The first-order valence-corrected chi connectivity index (χ1v) is 7.36. The molecule has 0 saturated carbocycles. The highest BCUT2D eigenvalue weighted by Gasteiger charge is 2.28. The van der Waals surface area contributed by atoms with E-state index in [1.165, 1.54) is 11.1 Å². The molecule has 3 rings (SSSR count). The molecule has 4 nitrogen and oxygen atoms in total. The Bertz CT molecular complexity index is 650. The second-order valence-electron chi connectivity index (χ2n) is 5.62. The van der Waals surface area contributed by atoms with E-state index in [1.807, 2.05) is 0 Å². The van der Waals surface area contributed by atoms with E-state index >= 15 is 0 Å². The van der Waals surface area contributed by atoms with Crippen LogP contribution in [0.1, 0.15) is 17.5 Å². The molecule has 106 valence electrons. The second-order valence-corrected chi connectivity index (χ2v) is 5.96. The van der Waals surface area contributed by atoms with Gasteiger partial charge in [0.15, 0.2) is 0 Å². The number of nitrogens with two attached hydrogens (primary N) is 1. The standard InChI is InChI=1S/C15H19ClN4/c1-9-5-12-13(6-10(9)2)18-15(16)19-14(12)20-7-11(8-20)3-4-17/h5-6,11H,3-4,7-8,17H2,1-2H3. The van der Waals surface area contributed by atoms with Crippen LogP contribution in [0.3, 0.4) is 0 Å². The van der Waals surface area contributed by atoms with E-state index in [4.69, 9.17) is 17.3 Å². The van der Waals surface area contributed by atoms with Gasteiger partial charge in [0.2, 0.25) is 5.28 Å². The third-order valence-corrected chi connectivity index (χ3v) is 4.26. The molecule has 2 N–H and O–H groups in total. The summed E-state index contributed by atoms with van der Waals surface area (Å²) in [6.07, 6.45) is 1.07. The molecule has 2 heterocycles. The van der Waals surface area contributed by atoms with Crippen LogP contribution in [0.15, 0.2) is 12.1 Å². The number of halogens is 1. The summed E-state index contributed by atoms with van der Waals surface area (Å²) in [5.41, 5.74) is 9.01. The van der Waals surface area contributed by atoms with Crippen LogP contribution in [0.4, 0.5) is 5.82 Å². The molecule has 5 heteroatoms. The first-order chi connectivity index (χ1) is 9.58. The Labute approximate surface area is 124 Å². The number of fused-ring (bicyclic) bond motifs is 1. The Morgan fingerprint density at radius 2 is 1.95 bits per heavy atom. The maximum atomic E-state index is 6.07. The third-order valence-electron chi connectivity index (χ3n) is 4.10. The number of benzene rings is 1. The van der Waals surface area contributed by atoms with Gasteiger partial charge in [-0.3, -0.25) is 0 Å². The second kappa shape index (κ2) is 5.19. The molecular weight excluding hydrogens is 272 g/mol. The molecule has 1 fully saturated rings. The summed E-state index contributed by atoms with van der Waals surface area (Å²) in [5, 5.41) is 1.40. The molecule has 2 aromatic rings. The zero-order valence-electron chi connectivity index (χ0n) is 11.9. The van der Waals surface area contributed by atoms with Gasteiger partial charge in [-0.15, -0.1) is 0 Å². The lowest BCUT2D eigenvalue weighted by Crippen LogP contribution is -2.48. The lowest BCUT2D eigenvalue weighted by molar-refractivity contribution is 0.387. The van der Waals surface area contributed by atoms with Crippen molar-refractivity contribution in [1.82, 2.24) is 9.97 Å². The van der Waals surface area contributed by atoms with Crippen molar-refractivity contribution < 1.29 is 0 Å². The van der Waals surface area contributed by atoms with Crippen molar-refractivity contribution in [3.05, 3.63) is 28.5 Å². The average molecular weight is 291 g/mol. The topological polar surface area (TPSA) is 55.0 Å². The van der Waals surface area contributed by atoms with Gasteiger partial charge in [-0.1, -0.05) is 0 Å². The van der Waals surface area contributed by atoms with Crippen molar-refractivity contribution in [2.45, 2.75) is 20.3 Å². The molecule has 1 aromatic heterocycles. The Kier molecular flexibility index (Phi) is 3.52. The molecule has 1 saturated heterocycles. The van der Waals surface area contributed by atoms with Gasteiger partial charge in [0, 0.05) is 18.5 Å². The Morgan fingerprint density at radius 1 is 1.25 bits per heavy atom. The lowest BCUT2D eigenvalue weighted by atomic mass is 9.95. The fourth-order valence-electron chi connectivity index (χ4n) is 2.75. The molecule has 0 atom stereocenters. The zero-order chi connectivity index (χ0) is 14.3. The molecule has 0 bridgehead atoms. The molecule has 20 heavy (non-hydrogen) atoms. The van der Waals surface area contributed by atoms with E-state index in [0.717, 1.165) is 42.8 Å². The van der Waals surface area contributed by atoms with E-state index in [0.29, 0.717) is 11.2 Å². The van der Waals surface area contributed by atoms with Gasteiger partial charge in [0.1, 0.15) is 5.82 Å². The summed E-state index contributed by atoms with van der Waals surface area (Å²) in [5.74, 6) is 1.63. The first kappa shape index (κ1) is 13.6. The molecule has 0 radical (unpaired) electrons. The zero-order valence-corrected chi connectivity index (χ0v) is 12.6. The number of anilines is 1. The maximum absolute atomic E-state index is 6.07. The fraction of sp³-hybridized carbons (Fsp3) is 0.467. The van der Waals surface area contributed by atoms with Crippen molar-refractivity contribution in [2.24, 2.45) is 11.7 Å². The molecule has 1 aliphatic rings. The highest BCUT2D eigenvalue weighted by Crippen LogP contribution is 2.32. The highest BCUT2D eigenvalue weighted by atomic mass is 35.5.